The third-order valence-electron chi connectivity index (χ3n) is 4.53. The number of para-hydroxylation sites is 1. The highest BCUT2D eigenvalue weighted by Gasteiger charge is 2.30. The van der Waals surface area contributed by atoms with Crippen LogP contribution in [0.1, 0.15) is 15.9 Å². The van der Waals surface area contributed by atoms with Gasteiger partial charge in [-0.3, -0.25) is 20.0 Å². The summed E-state index contributed by atoms with van der Waals surface area (Å²) in [6.45, 7) is 4.18. The summed E-state index contributed by atoms with van der Waals surface area (Å²) < 4.78 is 43.5. The molecule has 0 aromatic heterocycles. The van der Waals surface area contributed by atoms with Gasteiger partial charge in [-0.05, 0) is 36.4 Å². The van der Waals surface area contributed by atoms with Crippen LogP contribution in [-0.2, 0) is 10.9 Å². The number of aliphatic imine (C=N–C) groups is 1. The average Bonchev–Trinajstić information content (AvgIpc) is 2.74. The molecule has 2 aromatic carbocycles. The van der Waals surface area contributed by atoms with Crippen molar-refractivity contribution in [3.63, 3.8) is 0 Å². The van der Waals surface area contributed by atoms with Crippen molar-refractivity contribution >= 4 is 17.6 Å². The summed E-state index contributed by atoms with van der Waals surface area (Å²) in [6, 6.07) is 13.2. The van der Waals surface area contributed by atoms with Crippen molar-refractivity contribution in [1.29, 1.82) is 0 Å². The number of nitrogens with zero attached hydrogens (tertiary/aromatic N) is 2. The topological polar surface area (TPSA) is 66.0 Å². The molecule has 1 aliphatic heterocycles. The third-order valence-corrected chi connectivity index (χ3v) is 4.53. The van der Waals surface area contributed by atoms with Gasteiger partial charge in [0.15, 0.2) is 0 Å². The molecular formula is C21H23F3N4O2. The number of guanidine groups is 1. The van der Waals surface area contributed by atoms with E-state index in [0.717, 1.165) is 43.0 Å². The van der Waals surface area contributed by atoms with Crippen molar-refractivity contribution in [2.75, 3.05) is 44.7 Å². The molecule has 9 heteroatoms. The minimum absolute atomic E-state index is 0.110. The number of rotatable bonds is 5. The number of alkyl halides is 3. The number of hydrogen-bond acceptors (Lipinski definition) is 4. The maximum atomic E-state index is 12.7. The third kappa shape index (κ3) is 6.57. The number of hydrogen-bond donors (Lipinski definition) is 2. The van der Waals surface area contributed by atoms with E-state index >= 15 is 0 Å². The molecule has 0 radical (unpaired) electrons. The van der Waals surface area contributed by atoms with E-state index in [2.05, 4.69) is 20.5 Å². The van der Waals surface area contributed by atoms with Crippen LogP contribution >= 0.6 is 0 Å². The molecule has 0 unspecified atom stereocenters. The number of nitrogens with one attached hydrogen (secondary N) is 2. The van der Waals surface area contributed by atoms with E-state index < -0.39 is 17.6 Å². The van der Waals surface area contributed by atoms with Crippen molar-refractivity contribution < 1.29 is 22.7 Å². The number of benzene rings is 2. The largest absolute Gasteiger partial charge is 0.416 e. The molecule has 0 bridgehead atoms. The first kappa shape index (κ1) is 21.8. The normalized spacial score (nSPS) is 15.6. The van der Waals surface area contributed by atoms with Gasteiger partial charge in [0, 0.05) is 30.9 Å². The molecule has 1 amide bonds. The Morgan fingerprint density at radius 3 is 2.33 bits per heavy atom. The number of halogens is 3. The van der Waals surface area contributed by atoms with Crippen LogP contribution in [0.5, 0.6) is 0 Å². The highest BCUT2D eigenvalue weighted by atomic mass is 19.4. The van der Waals surface area contributed by atoms with Crippen LogP contribution < -0.4 is 10.6 Å². The van der Waals surface area contributed by atoms with E-state index in [-0.39, 0.29) is 11.5 Å². The Morgan fingerprint density at radius 2 is 1.70 bits per heavy atom. The summed E-state index contributed by atoms with van der Waals surface area (Å²) in [5.74, 6) is -0.309. The molecular weight excluding hydrogens is 397 g/mol. The Balaban J connectivity index is 1.67. The molecule has 0 atom stereocenters. The van der Waals surface area contributed by atoms with Crippen LogP contribution in [0.3, 0.4) is 0 Å². The van der Waals surface area contributed by atoms with Crippen LogP contribution in [0.15, 0.2) is 59.6 Å². The smallest absolute Gasteiger partial charge is 0.379 e. The molecule has 0 aliphatic carbocycles. The zero-order valence-electron chi connectivity index (χ0n) is 16.3. The molecule has 30 heavy (non-hydrogen) atoms. The molecule has 1 saturated heterocycles. The van der Waals surface area contributed by atoms with Crippen molar-refractivity contribution in [1.82, 2.24) is 10.2 Å². The molecule has 1 heterocycles. The maximum absolute atomic E-state index is 12.7. The van der Waals surface area contributed by atoms with Crippen LogP contribution in [0, 0.1) is 0 Å². The van der Waals surface area contributed by atoms with Crippen molar-refractivity contribution in [3.8, 4) is 0 Å². The second kappa shape index (κ2) is 10.2. The van der Waals surface area contributed by atoms with Gasteiger partial charge >= 0.3 is 6.18 Å². The summed E-state index contributed by atoms with van der Waals surface area (Å²) in [5, 5.41) is 5.70. The fourth-order valence-electron chi connectivity index (χ4n) is 2.89. The van der Waals surface area contributed by atoms with Gasteiger partial charge < -0.3 is 10.1 Å². The second-order valence-electron chi connectivity index (χ2n) is 6.70. The Labute approximate surface area is 172 Å². The summed E-state index contributed by atoms with van der Waals surface area (Å²) in [5.41, 5.74) is 0.0370. The number of carbonyl (C=O) groups is 1. The second-order valence-corrected chi connectivity index (χ2v) is 6.70. The van der Waals surface area contributed by atoms with Gasteiger partial charge in [0.25, 0.3) is 5.91 Å². The van der Waals surface area contributed by atoms with E-state index in [1.54, 1.807) is 0 Å². The number of anilines is 1. The predicted octanol–water partition coefficient (Wildman–Crippen LogP) is 3.24. The molecule has 3 rings (SSSR count). The standard InChI is InChI=1S/C21H23F3N4O2/c22-21(23,24)17-8-6-16(7-9-17)19(29)27-20(26-18-4-2-1-3-5-18)25-10-11-28-12-14-30-15-13-28/h1-9H,10-15H2,(H2,25,26,27,29). The first-order chi connectivity index (χ1) is 14.4. The van der Waals surface area contributed by atoms with Crippen molar-refractivity contribution in [3.05, 3.63) is 65.7 Å². The van der Waals surface area contributed by atoms with Gasteiger partial charge in [0.2, 0.25) is 5.96 Å². The Hall–Kier alpha value is -2.91. The lowest BCUT2D eigenvalue weighted by Gasteiger charge is -2.25. The number of ether oxygens (including phenoxy) is 1. The molecule has 160 valence electrons. The van der Waals surface area contributed by atoms with Gasteiger partial charge in [-0.25, -0.2) is 0 Å². The van der Waals surface area contributed by atoms with Gasteiger partial charge in [0.05, 0.1) is 25.3 Å². The Kier molecular flexibility index (Phi) is 7.42. The van der Waals surface area contributed by atoms with Crippen LogP contribution in [0.4, 0.5) is 18.9 Å². The summed E-state index contributed by atoms with van der Waals surface area (Å²) in [4.78, 5) is 19.2. The molecule has 2 aromatic rings. The fourth-order valence-corrected chi connectivity index (χ4v) is 2.89. The van der Waals surface area contributed by atoms with E-state index in [1.807, 2.05) is 30.3 Å². The van der Waals surface area contributed by atoms with Crippen molar-refractivity contribution in [2.24, 2.45) is 4.99 Å². The number of amides is 1. The van der Waals surface area contributed by atoms with Crippen molar-refractivity contribution in [2.45, 2.75) is 6.18 Å². The van der Waals surface area contributed by atoms with Gasteiger partial charge in [-0.2, -0.15) is 13.2 Å². The number of carbonyl (C=O) groups excluding carboxylic acids is 1. The fraction of sp³-hybridized carbons (Fsp3) is 0.333. The zero-order valence-corrected chi connectivity index (χ0v) is 16.3. The first-order valence-electron chi connectivity index (χ1n) is 9.57. The maximum Gasteiger partial charge on any atom is 0.416 e. The predicted molar refractivity (Wildman–Crippen MR) is 109 cm³/mol. The van der Waals surface area contributed by atoms with Gasteiger partial charge in [0.1, 0.15) is 0 Å². The molecule has 6 nitrogen and oxygen atoms in total. The van der Waals surface area contributed by atoms with Gasteiger partial charge in [-0.1, -0.05) is 18.2 Å². The lowest BCUT2D eigenvalue weighted by atomic mass is 10.1. The zero-order chi connectivity index (χ0) is 21.4. The van der Waals surface area contributed by atoms with E-state index in [0.29, 0.717) is 26.3 Å². The molecule has 1 fully saturated rings. The Morgan fingerprint density at radius 1 is 1.03 bits per heavy atom. The summed E-state index contributed by atoms with van der Waals surface area (Å²) >= 11 is 0. The monoisotopic (exact) mass is 420 g/mol. The van der Waals surface area contributed by atoms with Gasteiger partial charge in [-0.15, -0.1) is 0 Å². The van der Waals surface area contributed by atoms with Crippen LogP contribution in [0.2, 0.25) is 0 Å². The Bertz CT molecular complexity index is 849. The molecule has 1 aliphatic rings. The highest BCUT2D eigenvalue weighted by Crippen LogP contribution is 2.29. The lowest BCUT2D eigenvalue weighted by Crippen LogP contribution is -2.39. The average molecular weight is 420 g/mol. The summed E-state index contributed by atoms with van der Waals surface area (Å²) in [6.07, 6.45) is -4.45. The van der Waals surface area contributed by atoms with Crippen LogP contribution in [-0.4, -0.2) is 56.2 Å². The number of morpholine rings is 1. The minimum atomic E-state index is -4.45. The quantitative estimate of drug-likeness (QED) is 0.576. The van der Waals surface area contributed by atoms with Crippen LogP contribution in [0.25, 0.3) is 0 Å². The molecule has 0 saturated carbocycles. The highest BCUT2D eigenvalue weighted by molar-refractivity contribution is 6.09. The van der Waals surface area contributed by atoms with E-state index in [4.69, 9.17) is 4.74 Å². The molecule has 0 spiro atoms. The van der Waals surface area contributed by atoms with E-state index in [1.165, 1.54) is 0 Å². The first-order valence-corrected chi connectivity index (χ1v) is 9.57. The minimum Gasteiger partial charge on any atom is -0.379 e. The SMILES string of the molecule is O=C(NC(=NCCN1CCOCC1)Nc1ccccc1)c1ccc(C(F)(F)F)cc1. The molecule has 2 N–H and O–H groups in total. The summed E-state index contributed by atoms with van der Waals surface area (Å²) in [7, 11) is 0. The lowest BCUT2D eigenvalue weighted by molar-refractivity contribution is -0.137. The van der Waals surface area contributed by atoms with E-state index in [9.17, 15) is 18.0 Å².